The molecule has 2 heteroatoms. The van der Waals surface area contributed by atoms with E-state index in [9.17, 15) is 4.79 Å². The fraction of sp³-hybridized carbons (Fsp3) is 0.571. The molecule has 1 N–H and O–H groups in total. The maximum absolute atomic E-state index is 9.61. The van der Waals surface area contributed by atoms with Gasteiger partial charge in [-0.3, -0.25) is 0 Å². The van der Waals surface area contributed by atoms with Crippen LogP contribution in [0.15, 0.2) is 6.08 Å². The topological polar surface area (TPSA) is 40.9 Å². The van der Waals surface area contributed by atoms with Crippen molar-refractivity contribution >= 4 is 12.2 Å². The second kappa shape index (κ2) is 7.12. The Hall–Kier alpha value is -0.880. The molecule has 0 aromatic heterocycles. The van der Waals surface area contributed by atoms with Crippen LogP contribution in [0.25, 0.3) is 0 Å². The second-order valence-corrected chi connectivity index (χ2v) is 1.81. The SMILES string of the molecule is N=CCCCCC=C=O. The number of carbonyl (C=O) groups excluding carboxylic acids is 1. The van der Waals surface area contributed by atoms with Crippen molar-refractivity contribution in [3.8, 4) is 0 Å². The molecule has 0 aliphatic heterocycles. The standard InChI is InChI=1S/C7H11NO/c8-6-4-2-1-3-5-7-9/h5-6,8H,1-4H2. The van der Waals surface area contributed by atoms with Gasteiger partial charge in [-0.2, -0.15) is 0 Å². The van der Waals surface area contributed by atoms with Gasteiger partial charge in [0.25, 0.3) is 0 Å². The summed E-state index contributed by atoms with van der Waals surface area (Å²) < 4.78 is 0. The van der Waals surface area contributed by atoms with E-state index in [2.05, 4.69) is 0 Å². The van der Waals surface area contributed by atoms with Crippen molar-refractivity contribution in [3.05, 3.63) is 6.08 Å². The lowest BCUT2D eigenvalue weighted by atomic mass is 10.2. The van der Waals surface area contributed by atoms with Crippen LogP contribution in [0.2, 0.25) is 0 Å². The lowest BCUT2D eigenvalue weighted by Gasteiger charge is -1.87. The van der Waals surface area contributed by atoms with E-state index < -0.39 is 0 Å². The van der Waals surface area contributed by atoms with Crippen molar-refractivity contribution in [2.75, 3.05) is 0 Å². The van der Waals surface area contributed by atoms with E-state index in [1.54, 1.807) is 5.94 Å². The van der Waals surface area contributed by atoms with Gasteiger partial charge < -0.3 is 5.41 Å². The summed E-state index contributed by atoms with van der Waals surface area (Å²) >= 11 is 0. The van der Waals surface area contributed by atoms with E-state index in [0.717, 1.165) is 25.7 Å². The lowest BCUT2D eigenvalue weighted by Crippen LogP contribution is -1.75. The number of allylic oxidation sites excluding steroid dienone is 1. The number of rotatable bonds is 5. The number of nitrogens with one attached hydrogen (secondary N) is 1. The van der Waals surface area contributed by atoms with Gasteiger partial charge in [-0.05, 0) is 38.0 Å². The van der Waals surface area contributed by atoms with E-state index >= 15 is 0 Å². The molecule has 0 amide bonds. The molecule has 0 heterocycles. The Bertz CT molecular complexity index is 114. The maximum Gasteiger partial charge on any atom is 0.120 e. The second-order valence-electron chi connectivity index (χ2n) is 1.81. The first-order valence-electron chi connectivity index (χ1n) is 3.10. The van der Waals surface area contributed by atoms with Gasteiger partial charge in [-0.15, -0.1) is 0 Å². The molecule has 0 unspecified atom stereocenters. The Morgan fingerprint density at radius 1 is 1.33 bits per heavy atom. The Balaban J connectivity index is 2.90. The first-order valence-corrected chi connectivity index (χ1v) is 3.10. The number of hydrogen-bond acceptors (Lipinski definition) is 2. The molecule has 0 saturated carbocycles. The maximum atomic E-state index is 9.61. The van der Waals surface area contributed by atoms with Crippen LogP contribution in [-0.2, 0) is 4.79 Å². The molecule has 0 radical (unpaired) electrons. The van der Waals surface area contributed by atoms with Crippen molar-refractivity contribution in [3.63, 3.8) is 0 Å². The molecular weight excluding hydrogens is 114 g/mol. The highest BCUT2D eigenvalue weighted by Gasteiger charge is 1.81. The predicted molar refractivity (Wildman–Crippen MR) is 37.5 cm³/mol. The number of hydrogen-bond donors (Lipinski definition) is 1. The van der Waals surface area contributed by atoms with Crippen molar-refractivity contribution in [2.45, 2.75) is 25.7 Å². The zero-order chi connectivity index (χ0) is 6.95. The minimum Gasteiger partial charge on any atom is -0.313 e. The van der Waals surface area contributed by atoms with Crippen molar-refractivity contribution < 1.29 is 4.79 Å². The Morgan fingerprint density at radius 2 is 2.00 bits per heavy atom. The third-order valence-corrected chi connectivity index (χ3v) is 1.03. The number of unbranched alkanes of at least 4 members (excludes halogenated alkanes) is 3. The van der Waals surface area contributed by atoms with Crippen LogP contribution in [0.5, 0.6) is 0 Å². The highest BCUT2D eigenvalue weighted by molar-refractivity contribution is 5.52. The van der Waals surface area contributed by atoms with Gasteiger partial charge in [0, 0.05) is 0 Å². The fourth-order valence-electron chi connectivity index (χ4n) is 0.552. The molecule has 0 aliphatic carbocycles. The molecule has 0 spiro atoms. The van der Waals surface area contributed by atoms with Gasteiger partial charge in [0.15, 0.2) is 0 Å². The molecule has 9 heavy (non-hydrogen) atoms. The predicted octanol–water partition coefficient (Wildman–Crippen LogP) is 1.58. The smallest absolute Gasteiger partial charge is 0.120 e. The van der Waals surface area contributed by atoms with Crippen molar-refractivity contribution in [2.24, 2.45) is 0 Å². The molecule has 50 valence electrons. The highest BCUT2D eigenvalue weighted by Crippen LogP contribution is 1.96. The van der Waals surface area contributed by atoms with Gasteiger partial charge in [0.05, 0.1) is 0 Å². The highest BCUT2D eigenvalue weighted by atomic mass is 16.1. The van der Waals surface area contributed by atoms with Crippen LogP contribution >= 0.6 is 0 Å². The summed E-state index contributed by atoms with van der Waals surface area (Å²) in [5, 5.41) is 6.67. The van der Waals surface area contributed by atoms with E-state index in [1.807, 2.05) is 0 Å². The molecule has 2 nitrogen and oxygen atoms in total. The third-order valence-electron chi connectivity index (χ3n) is 1.03. The van der Waals surface area contributed by atoms with E-state index in [4.69, 9.17) is 5.41 Å². The Labute approximate surface area is 55.1 Å². The zero-order valence-electron chi connectivity index (χ0n) is 5.39. The van der Waals surface area contributed by atoms with Crippen LogP contribution < -0.4 is 0 Å². The van der Waals surface area contributed by atoms with E-state index in [0.29, 0.717) is 0 Å². The summed E-state index contributed by atoms with van der Waals surface area (Å²) in [4.78, 5) is 9.61. The van der Waals surface area contributed by atoms with Crippen molar-refractivity contribution in [1.82, 2.24) is 0 Å². The summed E-state index contributed by atoms with van der Waals surface area (Å²) in [6.07, 6.45) is 6.50. The molecule has 0 atom stereocenters. The van der Waals surface area contributed by atoms with Crippen molar-refractivity contribution in [1.29, 1.82) is 5.41 Å². The normalized spacial score (nSPS) is 8.00. The Kier molecular flexibility index (Phi) is 6.42. The van der Waals surface area contributed by atoms with Crippen LogP contribution in [0, 0.1) is 5.41 Å². The summed E-state index contributed by atoms with van der Waals surface area (Å²) in [6.45, 7) is 0. The largest absolute Gasteiger partial charge is 0.313 e. The summed E-state index contributed by atoms with van der Waals surface area (Å²) in [6, 6.07) is 0. The minimum absolute atomic E-state index is 0.803. The summed E-state index contributed by atoms with van der Waals surface area (Å²) in [5.74, 6) is 1.71. The van der Waals surface area contributed by atoms with E-state index in [1.165, 1.54) is 12.3 Å². The lowest BCUT2D eigenvalue weighted by molar-refractivity contribution is 0.567. The monoisotopic (exact) mass is 125 g/mol. The average Bonchev–Trinajstić information content (AvgIpc) is 1.89. The molecule has 0 fully saturated rings. The van der Waals surface area contributed by atoms with E-state index in [-0.39, 0.29) is 0 Å². The average molecular weight is 125 g/mol. The summed E-state index contributed by atoms with van der Waals surface area (Å²) in [7, 11) is 0. The molecule has 0 aromatic rings. The Morgan fingerprint density at radius 3 is 2.56 bits per heavy atom. The van der Waals surface area contributed by atoms with Gasteiger partial charge in [0.1, 0.15) is 5.94 Å². The summed E-state index contributed by atoms with van der Waals surface area (Å²) in [5.41, 5.74) is 0. The molecular formula is C7H11NO. The van der Waals surface area contributed by atoms with Gasteiger partial charge >= 0.3 is 0 Å². The van der Waals surface area contributed by atoms with Gasteiger partial charge in [0.2, 0.25) is 0 Å². The quantitative estimate of drug-likeness (QED) is 0.338. The molecule has 0 bridgehead atoms. The molecule has 0 aromatic carbocycles. The van der Waals surface area contributed by atoms with Crippen LogP contribution in [0.3, 0.4) is 0 Å². The molecule has 0 rings (SSSR count). The fourth-order valence-corrected chi connectivity index (χ4v) is 0.552. The van der Waals surface area contributed by atoms with Gasteiger partial charge in [-0.25, -0.2) is 4.79 Å². The van der Waals surface area contributed by atoms with Gasteiger partial charge in [-0.1, -0.05) is 0 Å². The van der Waals surface area contributed by atoms with Crippen LogP contribution in [-0.4, -0.2) is 12.2 Å². The zero-order valence-corrected chi connectivity index (χ0v) is 5.39. The van der Waals surface area contributed by atoms with Crippen LogP contribution in [0.4, 0.5) is 0 Å². The third kappa shape index (κ3) is 7.12. The first-order chi connectivity index (χ1) is 4.41. The first kappa shape index (κ1) is 8.12. The molecule has 0 aliphatic rings. The molecule has 0 saturated heterocycles. The van der Waals surface area contributed by atoms with Crippen LogP contribution in [0.1, 0.15) is 25.7 Å². The minimum atomic E-state index is 0.803.